The van der Waals surface area contributed by atoms with E-state index in [1.54, 1.807) is 97.9 Å². The van der Waals surface area contributed by atoms with E-state index in [1.807, 2.05) is 182 Å². The predicted octanol–water partition coefficient (Wildman–Crippen LogP) is 12.4. The van der Waals surface area contributed by atoms with Crippen molar-refractivity contribution >= 4 is 17.9 Å². The van der Waals surface area contributed by atoms with Crippen LogP contribution in [0.25, 0.3) is 0 Å². The first-order chi connectivity index (χ1) is 48.7. The molecule has 0 aliphatic carbocycles. The van der Waals surface area contributed by atoms with Crippen LogP contribution in [0.1, 0.15) is 71.4 Å². The van der Waals surface area contributed by atoms with Crippen molar-refractivity contribution in [2.24, 2.45) is 0 Å². The summed E-state index contributed by atoms with van der Waals surface area (Å²) >= 11 is 0. The lowest BCUT2D eigenvalue weighted by Crippen LogP contribution is -2.68. The number of hydrogen-bond donors (Lipinski definition) is 1. The summed E-state index contributed by atoms with van der Waals surface area (Å²) in [6.45, 7) is 1.45. The zero-order valence-electron chi connectivity index (χ0n) is 54.7. The van der Waals surface area contributed by atoms with Gasteiger partial charge in [-0.25, -0.2) is 14.4 Å². The van der Waals surface area contributed by atoms with Crippen LogP contribution in [-0.2, 0) is 106 Å². The second kappa shape index (κ2) is 35.6. The van der Waals surface area contributed by atoms with Crippen molar-refractivity contribution in [3.63, 3.8) is 0 Å². The molecule has 15 atom stereocenters. The minimum atomic E-state index is -1.80. The zero-order valence-corrected chi connectivity index (χ0v) is 54.7. The number of esters is 3. The van der Waals surface area contributed by atoms with Crippen molar-refractivity contribution in [2.45, 2.75) is 139 Å². The van der Waals surface area contributed by atoms with E-state index in [9.17, 15) is 9.90 Å². The Morgan fingerprint density at radius 3 is 1.05 bits per heavy atom. The van der Waals surface area contributed by atoms with Crippen LogP contribution >= 0.6 is 0 Å². The van der Waals surface area contributed by atoms with Gasteiger partial charge in [0.05, 0.1) is 69.0 Å². The van der Waals surface area contributed by atoms with E-state index >= 15 is 9.59 Å². The van der Waals surface area contributed by atoms with Gasteiger partial charge in [-0.2, -0.15) is 0 Å². The minimum absolute atomic E-state index is 0.00404. The number of benzene rings is 9. The normalized spacial score (nSPS) is 25.2. The molecule has 3 heterocycles. The van der Waals surface area contributed by atoms with Gasteiger partial charge in [0.1, 0.15) is 61.5 Å². The van der Waals surface area contributed by atoms with Gasteiger partial charge in [0.15, 0.2) is 31.1 Å². The molecule has 0 bridgehead atoms. The third-order valence-corrected chi connectivity index (χ3v) is 17.2. The zero-order chi connectivity index (χ0) is 68.0. The molecule has 1 N–H and O–H groups in total. The van der Waals surface area contributed by atoms with Gasteiger partial charge in [-0.05, 0) is 76.7 Å². The summed E-state index contributed by atoms with van der Waals surface area (Å²) in [5.74, 6) is -2.45. The Bertz CT molecular complexity index is 3800. The van der Waals surface area contributed by atoms with Gasteiger partial charge in [0, 0.05) is 0 Å². The molecule has 18 nitrogen and oxygen atoms in total. The fourth-order valence-electron chi connectivity index (χ4n) is 12.1. The minimum Gasteiger partial charge on any atom is -0.459 e. The highest BCUT2D eigenvalue weighted by Crippen LogP contribution is 2.40. The Morgan fingerprint density at radius 1 is 0.313 bits per heavy atom. The van der Waals surface area contributed by atoms with Crippen LogP contribution in [-0.4, -0.2) is 128 Å². The van der Waals surface area contributed by atoms with Gasteiger partial charge in [-0.15, -0.1) is 0 Å². The topological polar surface area (TPSA) is 201 Å². The van der Waals surface area contributed by atoms with Crippen LogP contribution in [0, 0.1) is 0 Å². The molecular weight excluding hydrogens is 1260 g/mol. The number of aliphatic hydroxyl groups excluding tert-OH is 1. The van der Waals surface area contributed by atoms with Crippen LogP contribution in [0.15, 0.2) is 273 Å². The summed E-state index contributed by atoms with van der Waals surface area (Å²) in [4.78, 5) is 44.7. The van der Waals surface area contributed by atoms with E-state index in [2.05, 4.69) is 0 Å². The van der Waals surface area contributed by atoms with Gasteiger partial charge in [0.2, 0.25) is 0 Å². The lowest BCUT2D eigenvalue weighted by molar-refractivity contribution is -0.385. The molecule has 99 heavy (non-hydrogen) atoms. The van der Waals surface area contributed by atoms with Gasteiger partial charge < -0.3 is 71.4 Å². The average Bonchev–Trinajstić information content (AvgIpc) is 0.759. The molecule has 9 aromatic rings. The molecule has 0 unspecified atom stereocenters. The maximum absolute atomic E-state index is 15.3. The summed E-state index contributed by atoms with van der Waals surface area (Å²) in [7, 11) is 0. The lowest BCUT2D eigenvalue weighted by Gasteiger charge is -2.51. The average molecular weight is 1340 g/mol. The molecule has 3 aliphatic heterocycles. The Kier molecular flexibility index (Phi) is 25.1. The predicted molar refractivity (Wildman–Crippen MR) is 363 cm³/mol. The third kappa shape index (κ3) is 19.2. The van der Waals surface area contributed by atoms with E-state index in [4.69, 9.17) is 66.3 Å². The van der Waals surface area contributed by atoms with Crippen LogP contribution in [0.2, 0.25) is 0 Å². The molecular formula is C81H80O18. The first kappa shape index (κ1) is 69.8. The van der Waals surface area contributed by atoms with Crippen molar-refractivity contribution in [2.75, 3.05) is 13.2 Å². The molecule has 3 saturated heterocycles. The molecule has 3 aliphatic rings. The first-order valence-corrected chi connectivity index (χ1v) is 33.3. The highest BCUT2D eigenvalue weighted by Gasteiger charge is 2.59. The fraction of sp³-hybridized carbons (Fsp3) is 0.296. The monoisotopic (exact) mass is 1340 g/mol. The highest BCUT2D eigenvalue weighted by atomic mass is 16.8. The molecule has 0 amide bonds. The van der Waals surface area contributed by atoms with Gasteiger partial charge >= 0.3 is 17.9 Å². The van der Waals surface area contributed by atoms with Gasteiger partial charge in [-0.3, -0.25) is 0 Å². The number of hydrogen-bond acceptors (Lipinski definition) is 18. The molecule has 0 saturated carbocycles. The summed E-state index contributed by atoms with van der Waals surface area (Å²) in [5.41, 5.74) is 5.44. The van der Waals surface area contributed by atoms with Crippen molar-refractivity contribution < 1.29 is 85.8 Å². The standard InChI is InChI=1S/C81H80O18/c1-55-67(87-48-57-31-13-3-14-32-57)71(73(79(85)93-55)90-51-60-37-19-6-20-38-60)98-81-75(97-78(84)64-45-27-10-28-46-64)72(69(96-77(83)63-43-25-9-26-44-63)66(95-81)54-92-76(82)62-41-23-8-24-42-62)99-80-74(91-52-61-39-21-7-22-40-61)70(89-50-59-35-17-5-18-36-59)68(88-49-58-33-15-4-16-34-58)65(94-80)53-86-47-56-29-11-2-12-30-56/h2-46,55,65-75,79-81,85H,47-54H2,1H3/t55-,65+,66+,67-,68-,69+,70-,71+,72-,73+,74+,75+,79+,80+,81-/m0/s1. The Labute approximate surface area is 576 Å². The van der Waals surface area contributed by atoms with Gasteiger partial charge in [-0.1, -0.05) is 237 Å². The molecule has 0 aromatic heterocycles. The van der Waals surface area contributed by atoms with Crippen molar-refractivity contribution in [1.82, 2.24) is 0 Å². The van der Waals surface area contributed by atoms with Crippen LogP contribution < -0.4 is 0 Å². The molecule has 512 valence electrons. The van der Waals surface area contributed by atoms with E-state index in [-0.39, 0.29) is 62.9 Å². The second-order valence-corrected chi connectivity index (χ2v) is 24.3. The summed E-state index contributed by atoms with van der Waals surface area (Å²) in [5, 5.41) is 12.2. The van der Waals surface area contributed by atoms with E-state index < -0.39 is 117 Å². The van der Waals surface area contributed by atoms with Crippen molar-refractivity contribution in [1.29, 1.82) is 0 Å². The van der Waals surface area contributed by atoms with Gasteiger partial charge in [0.25, 0.3) is 0 Å². The Hall–Kier alpha value is -9.09. The smallest absolute Gasteiger partial charge is 0.338 e. The second-order valence-electron chi connectivity index (χ2n) is 24.3. The number of carbonyl (C=O) groups is 3. The third-order valence-electron chi connectivity index (χ3n) is 17.2. The van der Waals surface area contributed by atoms with Crippen molar-refractivity contribution in [3.8, 4) is 0 Å². The SMILES string of the molecule is C[C@@H]1O[C@@H](O)[C@H](OCc2ccccc2)[C@H](O[C@@H]2O[C@H](COC(=O)c3ccccc3)[C@@H](OC(=O)c3ccccc3)[C@H](O[C@H]3O[C@H](COCc4ccccc4)[C@H](OCc4ccccc4)[C@H](OCc4ccccc4)[C@H]3OCc3ccccc3)[C@H]2OC(=O)c2ccccc2)[C@H]1OCc1ccccc1. The first-order valence-electron chi connectivity index (χ1n) is 33.3. The number of ether oxygens (including phenoxy) is 14. The summed E-state index contributed by atoms with van der Waals surface area (Å²) in [6.07, 6.45) is -20.5. The van der Waals surface area contributed by atoms with Crippen molar-refractivity contribution in [3.05, 3.63) is 323 Å². The Balaban J connectivity index is 1.02. The quantitative estimate of drug-likeness (QED) is 0.0329. The summed E-state index contributed by atoms with van der Waals surface area (Å²) < 4.78 is 96.9. The Morgan fingerprint density at radius 2 is 0.626 bits per heavy atom. The van der Waals surface area contributed by atoms with E-state index in [1.165, 1.54) is 0 Å². The largest absolute Gasteiger partial charge is 0.459 e. The number of carbonyl (C=O) groups excluding carboxylic acids is 3. The van der Waals surface area contributed by atoms with E-state index in [0.29, 0.717) is 0 Å². The van der Waals surface area contributed by atoms with Crippen LogP contribution in [0.3, 0.4) is 0 Å². The number of aliphatic hydroxyl groups is 1. The maximum atomic E-state index is 15.3. The number of rotatable bonds is 30. The molecule has 3 fully saturated rings. The van der Waals surface area contributed by atoms with Crippen LogP contribution in [0.4, 0.5) is 0 Å². The molecule has 0 radical (unpaired) electrons. The fourth-order valence-corrected chi connectivity index (χ4v) is 12.1. The molecule has 0 spiro atoms. The summed E-state index contributed by atoms with van der Waals surface area (Å²) in [6, 6.07) is 82.4. The van der Waals surface area contributed by atoms with Crippen LogP contribution in [0.5, 0.6) is 0 Å². The van der Waals surface area contributed by atoms with E-state index in [0.717, 1.165) is 33.4 Å². The highest BCUT2D eigenvalue weighted by molar-refractivity contribution is 5.90. The molecule has 9 aromatic carbocycles. The molecule has 12 rings (SSSR count). The maximum Gasteiger partial charge on any atom is 0.338 e. The lowest BCUT2D eigenvalue weighted by atomic mass is 9.95. The molecule has 18 heteroatoms.